The van der Waals surface area contributed by atoms with E-state index in [0.29, 0.717) is 5.75 Å². The van der Waals surface area contributed by atoms with Gasteiger partial charge in [0.2, 0.25) is 6.79 Å². The second kappa shape index (κ2) is 13.2. The molecule has 11 heteroatoms. The molecule has 1 rings (SSSR count). The molecule has 9 nitrogen and oxygen atoms in total. The average Bonchev–Trinajstić information content (AvgIpc) is 2.68. The van der Waals surface area contributed by atoms with Crippen LogP contribution in [-0.2, 0) is 28.3 Å². The van der Waals surface area contributed by atoms with E-state index in [2.05, 4.69) is 46.3 Å². The van der Waals surface area contributed by atoms with Crippen molar-refractivity contribution in [3.63, 3.8) is 0 Å². The van der Waals surface area contributed by atoms with Crippen molar-refractivity contribution in [2.45, 2.75) is 59.1 Å². The van der Waals surface area contributed by atoms with Crippen LogP contribution in [0.2, 0.25) is 0 Å². The minimum Gasteiger partial charge on any atom is -0.431 e. The van der Waals surface area contributed by atoms with Crippen LogP contribution in [0.3, 0.4) is 0 Å². The van der Waals surface area contributed by atoms with E-state index in [4.69, 9.17) is 18.7 Å². The molecule has 0 saturated carbocycles. The second-order valence-electron chi connectivity index (χ2n) is 7.14. The van der Waals surface area contributed by atoms with E-state index >= 15 is 0 Å². The van der Waals surface area contributed by atoms with Gasteiger partial charge in [0.15, 0.2) is 0 Å². The molecule has 2 unspecified atom stereocenters. The van der Waals surface area contributed by atoms with Crippen molar-refractivity contribution in [3.05, 3.63) is 27.3 Å². The number of methoxy groups -OCH3 is 1. The number of hydrogen-bond donors (Lipinski definition) is 1. The largest absolute Gasteiger partial charge is 0.511 e. The maximum Gasteiger partial charge on any atom is 0.511 e. The monoisotopic (exact) mass is 571 g/mol. The van der Waals surface area contributed by atoms with E-state index in [0.717, 1.165) is 15.6 Å². The number of benzene rings is 1. The molecule has 0 spiro atoms. The first kappa shape index (κ1) is 27.7. The van der Waals surface area contributed by atoms with Gasteiger partial charge in [-0.15, -0.1) is 0 Å². The summed E-state index contributed by atoms with van der Waals surface area (Å²) < 4.78 is 39.6. The molecule has 0 radical (unpaired) electrons. The van der Waals surface area contributed by atoms with Gasteiger partial charge in [0.25, 0.3) is 0 Å². The molecule has 176 valence electrons. The summed E-state index contributed by atoms with van der Waals surface area (Å²) in [6, 6.07) is 4.67. The lowest BCUT2D eigenvalue weighted by atomic mass is 9.98. The summed E-state index contributed by atoms with van der Waals surface area (Å²) in [4.78, 5) is 23.6. The van der Waals surface area contributed by atoms with Crippen LogP contribution in [0.15, 0.2) is 18.2 Å². The van der Waals surface area contributed by atoms with Crippen molar-refractivity contribution in [3.8, 4) is 5.75 Å². The van der Waals surface area contributed by atoms with Crippen LogP contribution in [0, 0.1) is 3.57 Å². The minimum absolute atomic E-state index is 0.186. The summed E-state index contributed by atoms with van der Waals surface area (Å²) in [5.74, 6) is -0.0984. The third-order valence-electron chi connectivity index (χ3n) is 4.13. The van der Waals surface area contributed by atoms with Crippen LogP contribution in [0.4, 0.5) is 4.79 Å². The van der Waals surface area contributed by atoms with Gasteiger partial charge in [0, 0.05) is 7.11 Å². The van der Waals surface area contributed by atoms with Crippen molar-refractivity contribution < 1.29 is 37.6 Å². The number of carbonyl (C=O) groups is 2. The molecular weight excluding hydrogens is 540 g/mol. The highest BCUT2D eigenvalue weighted by atomic mass is 127. The third-order valence-corrected chi connectivity index (χ3v) is 6.84. The fourth-order valence-electron chi connectivity index (χ4n) is 2.47. The predicted octanol–water partition coefficient (Wildman–Crippen LogP) is 5.02. The van der Waals surface area contributed by atoms with Crippen LogP contribution in [0.5, 0.6) is 5.75 Å². The Hall–Kier alpha value is -1.36. The van der Waals surface area contributed by atoms with Crippen LogP contribution < -0.4 is 9.61 Å². The zero-order valence-corrected chi connectivity index (χ0v) is 21.7. The van der Waals surface area contributed by atoms with Gasteiger partial charge >= 0.3 is 19.6 Å². The van der Waals surface area contributed by atoms with E-state index in [1.54, 1.807) is 13.8 Å². The molecule has 0 heterocycles. The lowest BCUT2D eigenvalue weighted by Gasteiger charge is -2.25. The highest BCUT2D eigenvalue weighted by Gasteiger charge is 2.32. The highest BCUT2D eigenvalue weighted by Crippen LogP contribution is 2.47. The Kier molecular flexibility index (Phi) is 11.8. The maximum absolute atomic E-state index is 13.4. The standard InChI is InChI=1S/C20H31INO8P/c1-7-14(4)16-9-8-10-17(21)18(16)30-31(25,12-26-6)22-15(5)19(23)27-11-28-20(24)29-13(2)3/h8-10,13-15H,7,11-12H2,1-6H3,(H,22,25)/t14?,15-,31?/m0/s1. The quantitative estimate of drug-likeness (QED) is 0.160. The van der Waals surface area contributed by atoms with Crippen molar-refractivity contribution in [1.29, 1.82) is 0 Å². The van der Waals surface area contributed by atoms with Crippen LogP contribution in [-0.4, -0.2) is 44.5 Å². The SMILES string of the molecule is CCC(C)c1cccc(I)c1OP(=O)(COC)N[C@@H](C)C(=O)OCOC(=O)OC(C)C. The molecule has 0 amide bonds. The molecule has 0 aliphatic heterocycles. The maximum atomic E-state index is 13.4. The molecule has 0 bridgehead atoms. The van der Waals surface area contributed by atoms with Gasteiger partial charge in [-0.1, -0.05) is 26.0 Å². The molecule has 31 heavy (non-hydrogen) atoms. The van der Waals surface area contributed by atoms with Gasteiger partial charge in [-0.2, -0.15) is 0 Å². The molecule has 1 aromatic carbocycles. The topological polar surface area (TPSA) is 109 Å². The van der Waals surface area contributed by atoms with E-state index in [9.17, 15) is 14.2 Å². The number of esters is 1. The Morgan fingerprint density at radius 3 is 2.42 bits per heavy atom. The average molecular weight is 571 g/mol. The summed E-state index contributed by atoms with van der Waals surface area (Å²) in [7, 11) is -2.25. The normalized spacial score (nSPS) is 15.0. The Bertz CT molecular complexity index is 788. The molecule has 3 atom stereocenters. The van der Waals surface area contributed by atoms with E-state index in [-0.39, 0.29) is 18.4 Å². The zero-order valence-electron chi connectivity index (χ0n) is 18.7. The fraction of sp³-hybridized carbons (Fsp3) is 0.600. The summed E-state index contributed by atoms with van der Waals surface area (Å²) >= 11 is 2.12. The summed E-state index contributed by atoms with van der Waals surface area (Å²) in [6.07, 6.45) is -0.692. The van der Waals surface area contributed by atoms with E-state index in [1.807, 2.05) is 18.2 Å². The van der Waals surface area contributed by atoms with Gasteiger partial charge in [0.05, 0.1) is 9.67 Å². The smallest absolute Gasteiger partial charge is 0.431 e. The second-order valence-corrected chi connectivity index (χ2v) is 10.4. The Morgan fingerprint density at radius 1 is 1.16 bits per heavy atom. The lowest BCUT2D eigenvalue weighted by Crippen LogP contribution is -2.36. The summed E-state index contributed by atoms with van der Waals surface area (Å²) in [6.45, 7) is 8.27. The number of halogens is 1. The Labute approximate surface area is 197 Å². The van der Waals surface area contributed by atoms with Crippen molar-refractivity contribution in [2.75, 3.05) is 20.3 Å². The minimum atomic E-state index is -3.64. The lowest BCUT2D eigenvalue weighted by molar-refractivity contribution is -0.155. The number of ether oxygens (including phenoxy) is 4. The van der Waals surface area contributed by atoms with Gasteiger partial charge in [-0.3, -0.25) is 9.36 Å². The van der Waals surface area contributed by atoms with Gasteiger partial charge in [-0.25, -0.2) is 9.88 Å². The Balaban J connectivity index is 2.86. The zero-order chi connectivity index (χ0) is 23.6. The van der Waals surface area contributed by atoms with Crippen molar-refractivity contribution >= 4 is 42.2 Å². The highest BCUT2D eigenvalue weighted by molar-refractivity contribution is 14.1. The molecule has 1 aromatic rings. The predicted molar refractivity (Wildman–Crippen MR) is 124 cm³/mol. The van der Waals surface area contributed by atoms with Gasteiger partial charge in [-0.05, 0) is 67.3 Å². The first-order chi connectivity index (χ1) is 14.5. The summed E-state index contributed by atoms with van der Waals surface area (Å²) in [5, 5.41) is 2.68. The third kappa shape index (κ3) is 9.34. The van der Waals surface area contributed by atoms with E-state index < -0.39 is 32.5 Å². The van der Waals surface area contributed by atoms with Crippen molar-refractivity contribution in [2.24, 2.45) is 0 Å². The number of rotatable bonds is 12. The number of hydrogen-bond acceptors (Lipinski definition) is 8. The van der Waals surface area contributed by atoms with Gasteiger partial charge in [0.1, 0.15) is 18.1 Å². The fourth-order valence-corrected chi connectivity index (χ4v) is 4.99. The van der Waals surface area contributed by atoms with Crippen LogP contribution >= 0.6 is 30.1 Å². The first-order valence-corrected chi connectivity index (χ1v) is 12.8. The Morgan fingerprint density at radius 2 is 1.84 bits per heavy atom. The first-order valence-electron chi connectivity index (χ1n) is 9.86. The number of carbonyl (C=O) groups excluding carboxylic acids is 2. The van der Waals surface area contributed by atoms with Gasteiger partial charge < -0.3 is 23.5 Å². The molecule has 0 saturated heterocycles. The number of nitrogens with one attached hydrogen (secondary N) is 1. The van der Waals surface area contributed by atoms with Crippen LogP contribution in [0.1, 0.15) is 52.5 Å². The molecule has 0 aliphatic rings. The summed E-state index contributed by atoms with van der Waals surface area (Å²) in [5.41, 5.74) is 0.917. The molecule has 0 fully saturated rings. The molecule has 0 aliphatic carbocycles. The molecule has 0 aromatic heterocycles. The van der Waals surface area contributed by atoms with Crippen LogP contribution in [0.25, 0.3) is 0 Å². The van der Waals surface area contributed by atoms with Crippen molar-refractivity contribution in [1.82, 2.24) is 5.09 Å². The molecule has 1 N–H and O–H groups in total. The number of para-hydroxylation sites is 1. The van der Waals surface area contributed by atoms with E-state index in [1.165, 1.54) is 14.0 Å². The molecular formula is C20H31INO8P.